The quantitative estimate of drug-likeness (QED) is 0.862. The molecule has 6 nitrogen and oxygen atoms in total. The summed E-state index contributed by atoms with van der Waals surface area (Å²) in [4.78, 5) is 23.9. The number of nitrogens with two attached hydrogens (primary N) is 1. The van der Waals surface area contributed by atoms with Crippen molar-refractivity contribution < 1.29 is 19.1 Å². The minimum atomic E-state index is -1.20. The highest BCUT2D eigenvalue weighted by Gasteiger charge is 2.21. The molecule has 0 aliphatic carbocycles. The van der Waals surface area contributed by atoms with Gasteiger partial charge in [-0.15, -0.1) is 0 Å². The second-order valence-corrected chi connectivity index (χ2v) is 4.22. The fraction of sp³-hybridized carbons (Fsp3) is 0.231. The Morgan fingerprint density at radius 3 is 2.79 bits per heavy atom. The van der Waals surface area contributed by atoms with Crippen LogP contribution < -0.4 is 10.6 Å². The van der Waals surface area contributed by atoms with Crippen molar-refractivity contribution in [2.45, 2.75) is 12.5 Å². The molecule has 1 unspecified atom stereocenters. The maximum Gasteiger partial charge on any atom is 0.321 e. The third-order valence-electron chi connectivity index (χ3n) is 2.91. The molecular formula is C13H14N2O4. The molecule has 1 aromatic carbocycles. The number of hydrogen-bond acceptors (Lipinski definition) is 4. The number of amides is 1. The standard InChI is InChI=1S/C13H14N2O4/c1-15(12(16)6-9(14)13(17)18)10-7-19-11-5-3-2-4-8(10)11/h2-5,7,9H,6,14H2,1H3,(H,17,18). The lowest BCUT2D eigenvalue weighted by Crippen LogP contribution is -2.37. The van der Waals surface area contributed by atoms with Crippen LogP contribution in [0, 0.1) is 0 Å². The Morgan fingerprint density at radius 1 is 1.42 bits per heavy atom. The number of para-hydroxylation sites is 1. The Balaban J connectivity index is 2.22. The van der Waals surface area contributed by atoms with Crippen LogP contribution >= 0.6 is 0 Å². The summed E-state index contributed by atoms with van der Waals surface area (Å²) in [6.45, 7) is 0. The van der Waals surface area contributed by atoms with Crippen LogP contribution in [-0.2, 0) is 9.59 Å². The highest BCUT2D eigenvalue weighted by molar-refractivity contribution is 6.03. The van der Waals surface area contributed by atoms with E-state index < -0.39 is 12.0 Å². The highest BCUT2D eigenvalue weighted by atomic mass is 16.4. The Bertz CT molecular complexity index is 620. The van der Waals surface area contributed by atoms with Crippen LogP contribution in [0.15, 0.2) is 34.9 Å². The molecule has 1 heterocycles. The van der Waals surface area contributed by atoms with Crippen molar-refractivity contribution in [3.8, 4) is 0 Å². The van der Waals surface area contributed by atoms with E-state index in [1.807, 2.05) is 18.2 Å². The van der Waals surface area contributed by atoms with Gasteiger partial charge in [-0.2, -0.15) is 0 Å². The molecule has 1 atom stereocenters. The summed E-state index contributed by atoms with van der Waals surface area (Å²) >= 11 is 0. The number of aliphatic carboxylic acids is 1. The van der Waals surface area contributed by atoms with Crippen molar-refractivity contribution in [3.63, 3.8) is 0 Å². The van der Waals surface area contributed by atoms with E-state index in [0.717, 1.165) is 5.39 Å². The summed E-state index contributed by atoms with van der Waals surface area (Å²) in [5.74, 6) is -1.57. The Labute approximate surface area is 109 Å². The first kappa shape index (κ1) is 13.1. The maximum atomic E-state index is 11.9. The lowest BCUT2D eigenvalue weighted by atomic mass is 10.2. The number of carbonyl (C=O) groups excluding carboxylic acids is 1. The van der Waals surface area contributed by atoms with Crippen molar-refractivity contribution >= 4 is 28.5 Å². The van der Waals surface area contributed by atoms with E-state index in [4.69, 9.17) is 15.3 Å². The second-order valence-electron chi connectivity index (χ2n) is 4.22. The van der Waals surface area contributed by atoms with Gasteiger partial charge in [0.05, 0.1) is 12.1 Å². The average Bonchev–Trinajstić information content (AvgIpc) is 2.81. The zero-order valence-electron chi connectivity index (χ0n) is 10.4. The fourth-order valence-corrected chi connectivity index (χ4v) is 1.77. The molecule has 2 rings (SSSR count). The van der Waals surface area contributed by atoms with Crippen LogP contribution in [0.25, 0.3) is 11.0 Å². The van der Waals surface area contributed by atoms with E-state index >= 15 is 0 Å². The first-order valence-corrected chi connectivity index (χ1v) is 5.72. The van der Waals surface area contributed by atoms with Gasteiger partial charge in [0, 0.05) is 12.4 Å². The lowest BCUT2D eigenvalue weighted by molar-refractivity contribution is -0.140. The molecular weight excluding hydrogens is 248 g/mol. The van der Waals surface area contributed by atoms with Gasteiger partial charge in [0.2, 0.25) is 5.91 Å². The number of hydrogen-bond donors (Lipinski definition) is 2. The number of fused-ring (bicyclic) bond motifs is 1. The summed E-state index contributed by atoms with van der Waals surface area (Å²) < 4.78 is 5.33. The van der Waals surface area contributed by atoms with E-state index in [1.165, 1.54) is 11.2 Å². The molecule has 1 aromatic heterocycles. The molecule has 3 N–H and O–H groups in total. The summed E-state index contributed by atoms with van der Waals surface area (Å²) in [5, 5.41) is 9.49. The van der Waals surface area contributed by atoms with Gasteiger partial charge < -0.3 is 20.2 Å². The van der Waals surface area contributed by atoms with Crippen molar-refractivity contribution in [2.75, 3.05) is 11.9 Å². The molecule has 0 saturated heterocycles. The van der Waals surface area contributed by atoms with E-state index in [9.17, 15) is 9.59 Å². The van der Waals surface area contributed by atoms with Crippen molar-refractivity contribution in [2.24, 2.45) is 5.73 Å². The monoisotopic (exact) mass is 262 g/mol. The van der Waals surface area contributed by atoms with Gasteiger partial charge >= 0.3 is 5.97 Å². The van der Waals surface area contributed by atoms with Crippen molar-refractivity contribution in [3.05, 3.63) is 30.5 Å². The number of anilines is 1. The number of furan rings is 1. The minimum Gasteiger partial charge on any atom is -0.480 e. The summed E-state index contributed by atoms with van der Waals surface area (Å²) in [7, 11) is 1.56. The molecule has 0 radical (unpaired) electrons. The number of benzene rings is 1. The SMILES string of the molecule is CN(C(=O)CC(N)C(=O)O)c1coc2ccccc12. The third-order valence-corrected chi connectivity index (χ3v) is 2.91. The maximum absolute atomic E-state index is 11.9. The number of nitrogens with zero attached hydrogens (tertiary/aromatic N) is 1. The number of rotatable bonds is 4. The molecule has 2 aromatic rings. The van der Waals surface area contributed by atoms with E-state index in [0.29, 0.717) is 11.3 Å². The Morgan fingerprint density at radius 2 is 2.11 bits per heavy atom. The molecule has 0 saturated carbocycles. The highest BCUT2D eigenvalue weighted by Crippen LogP contribution is 2.28. The lowest BCUT2D eigenvalue weighted by Gasteiger charge is -2.16. The van der Waals surface area contributed by atoms with Crippen LogP contribution in [0.3, 0.4) is 0 Å². The zero-order chi connectivity index (χ0) is 14.0. The van der Waals surface area contributed by atoms with E-state index in [-0.39, 0.29) is 12.3 Å². The van der Waals surface area contributed by atoms with Gasteiger partial charge in [-0.1, -0.05) is 12.1 Å². The smallest absolute Gasteiger partial charge is 0.321 e. The Hall–Kier alpha value is -2.34. The number of carboxylic acids is 1. The van der Waals surface area contributed by atoms with Crippen LogP contribution in [0.4, 0.5) is 5.69 Å². The zero-order valence-corrected chi connectivity index (χ0v) is 10.4. The fourth-order valence-electron chi connectivity index (χ4n) is 1.77. The molecule has 0 aliphatic rings. The Kier molecular flexibility index (Phi) is 3.52. The first-order chi connectivity index (χ1) is 9.00. The van der Waals surface area contributed by atoms with Gasteiger partial charge in [0.1, 0.15) is 17.9 Å². The van der Waals surface area contributed by atoms with Crippen LogP contribution in [-0.4, -0.2) is 30.1 Å². The van der Waals surface area contributed by atoms with Gasteiger partial charge in [-0.05, 0) is 12.1 Å². The van der Waals surface area contributed by atoms with Gasteiger partial charge in [0.15, 0.2) is 0 Å². The van der Waals surface area contributed by atoms with Crippen molar-refractivity contribution in [1.82, 2.24) is 0 Å². The third kappa shape index (κ3) is 2.58. The summed E-state index contributed by atoms with van der Waals surface area (Å²) in [6, 6.07) is 6.09. The number of carboxylic acid groups (broad SMARTS) is 1. The molecule has 100 valence electrons. The molecule has 6 heteroatoms. The molecule has 0 aliphatic heterocycles. The molecule has 1 amide bonds. The molecule has 0 spiro atoms. The van der Waals surface area contributed by atoms with E-state index in [1.54, 1.807) is 13.1 Å². The minimum absolute atomic E-state index is 0.259. The predicted octanol–water partition coefficient (Wildman–Crippen LogP) is 1.20. The second kappa shape index (κ2) is 5.11. The molecule has 0 bridgehead atoms. The number of carbonyl (C=O) groups is 2. The van der Waals surface area contributed by atoms with Gasteiger partial charge in [-0.25, -0.2) is 0 Å². The first-order valence-electron chi connectivity index (χ1n) is 5.72. The van der Waals surface area contributed by atoms with E-state index in [2.05, 4.69) is 0 Å². The molecule has 19 heavy (non-hydrogen) atoms. The predicted molar refractivity (Wildman–Crippen MR) is 69.9 cm³/mol. The van der Waals surface area contributed by atoms with Crippen LogP contribution in [0.2, 0.25) is 0 Å². The molecule has 0 fully saturated rings. The summed E-state index contributed by atoms with van der Waals surface area (Å²) in [5.41, 5.74) is 6.61. The van der Waals surface area contributed by atoms with Gasteiger partial charge in [0.25, 0.3) is 0 Å². The van der Waals surface area contributed by atoms with Crippen LogP contribution in [0.5, 0.6) is 0 Å². The van der Waals surface area contributed by atoms with Crippen LogP contribution in [0.1, 0.15) is 6.42 Å². The summed E-state index contributed by atoms with van der Waals surface area (Å²) in [6.07, 6.45) is 1.21. The van der Waals surface area contributed by atoms with Crippen molar-refractivity contribution in [1.29, 1.82) is 0 Å². The topological polar surface area (TPSA) is 96.8 Å². The normalized spacial score (nSPS) is 12.3. The van der Waals surface area contributed by atoms with Gasteiger partial charge in [-0.3, -0.25) is 9.59 Å². The largest absolute Gasteiger partial charge is 0.480 e. The average molecular weight is 262 g/mol.